The summed E-state index contributed by atoms with van der Waals surface area (Å²) in [5.41, 5.74) is 3.70. The first-order valence-corrected chi connectivity index (χ1v) is 8.85. The van der Waals surface area contributed by atoms with Crippen LogP contribution in [0.5, 0.6) is 0 Å². The molecule has 2 aliphatic rings. The van der Waals surface area contributed by atoms with Crippen LogP contribution in [0.25, 0.3) is 11.4 Å². The fraction of sp³-hybridized carbons (Fsp3) is 0.143. The van der Waals surface area contributed by atoms with E-state index >= 15 is 0 Å². The number of benzene rings is 2. The maximum absolute atomic E-state index is 14.2. The molecule has 0 aliphatic carbocycles. The Morgan fingerprint density at radius 3 is 2.40 bits per heavy atom. The zero-order valence-electron chi connectivity index (χ0n) is 15.5. The first-order valence-electron chi connectivity index (χ1n) is 8.85. The number of alkyl halides is 3. The van der Waals surface area contributed by atoms with Gasteiger partial charge in [0.1, 0.15) is 11.6 Å². The van der Waals surface area contributed by atoms with Gasteiger partial charge in [0.25, 0.3) is 0 Å². The average Bonchev–Trinajstić information content (AvgIpc) is 2.67. The molecule has 0 bridgehead atoms. The fourth-order valence-electron chi connectivity index (χ4n) is 3.32. The van der Waals surface area contributed by atoms with Crippen molar-refractivity contribution < 1.29 is 26.7 Å². The van der Waals surface area contributed by atoms with Crippen molar-refractivity contribution in [3.63, 3.8) is 0 Å². The third-order valence-corrected chi connectivity index (χ3v) is 4.74. The van der Waals surface area contributed by atoms with Crippen LogP contribution in [-0.2, 0) is 11.0 Å². The fourth-order valence-corrected chi connectivity index (χ4v) is 3.32. The zero-order valence-corrected chi connectivity index (χ0v) is 15.5. The summed E-state index contributed by atoms with van der Waals surface area (Å²) in [6, 6.07) is 7.44. The van der Waals surface area contributed by atoms with Gasteiger partial charge in [-0.3, -0.25) is 15.2 Å². The first-order chi connectivity index (χ1) is 14.1. The summed E-state index contributed by atoms with van der Waals surface area (Å²) in [6.07, 6.45) is -3.33. The molecule has 0 aromatic heterocycles. The molecule has 9 heteroatoms. The van der Waals surface area contributed by atoms with Crippen molar-refractivity contribution in [2.45, 2.75) is 13.1 Å². The lowest BCUT2D eigenvalue weighted by atomic mass is 10.0. The number of nitrogens with one attached hydrogen (secondary N) is 1. The Kier molecular flexibility index (Phi) is 4.68. The SMILES string of the molecule is CC1=C(c2ccc(C(F)(F)F)cc2)N2NC(c3ccc(F)cc3F)=CC(=O)C2=NC1. The highest BCUT2D eigenvalue weighted by Crippen LogP contribution is 2.34. The maximum Gasteiger partial charge on any atom is 0.416 e. The summed E-state index contributed by atoms with van der Waals surface area (Å²) >= 11 is 0. The molecule has 0 atom stereocenters. The van der Waals surface area contributed by atoms with Crippen molar-refractivity contribution in [1.29, 1.82) is 0 Å². The van der Waals surface area contributed by atoms with E-state index in [9.17, 15) is 26.7 Å². The highest BCUT2D eigenvalue weighted by molar-refractivity contribution is 6.46. The van der Waals surface area contributed by atoms with Crippen LogP contribution in [-0.4, -0.2) is 23.2 Å². The van der Waals surface area contributed by atoms with Crippen molar-refractivity contribution in [3.8, 4) is 0 Å². The van der Waals surface area contributed by atoms with Crippen LogP contribution in [0.4, 0.5) is 22.0 Å². The Labute approximate surface area is 168 Å². The standard InChI is InChI=1S/C21H14F5N3O/c1-11-10-27-20-18(30)9-17(15-7-6-14(22)8-16(15)23)28-29(20)19(11)12-2-4-13(5-3-12)21(24,25)26/h2-9,28H,10H2,1H3. The second kappa shape index (κ2) is 7.08. The molecule has 0 radical (unpaired) electrons. The quantitative estimate of drug-likeness (QED) is 0.727. The summed E-state index contributed by atoms with van der Waals surface area (Å²) in [4.78, 5) is 16.8. The van der Waals surface area contributed by atoms with E-state index in [1.54, 1.807) is 6.92 Å². The van der Waals surface area contributed by atoms with Crippen molar-refractivity contribution in [1.82, 2.24) is 10.4 Å². The number of rotatable bonds is 2. The lowest BCUT2D eigenvalue weighted by Gasteiger charge is -2.36. The summed E-state index contributed by atoms with van der Waals surface area (Å²) in [5, 5.41) is 1.32. The highest BCUT2D eigenvalue weighted by Gasteiger charge is 2.34. The van der Waals surface area contributed by atoms with Gasteiger partial charge in [-0.25, -0.2) is 13.8 Å². The number of aliphatic imine (C=N–C) groups is 1. The van der Waals surface area contributed by atoms with Crippen LogP contribution < -0.4 is 5.43 Å². The van der Waals surface area contributed by atoms with Gasteiger partial charge in [-0.15, -0.1) is 0 Å². The molecule has 2 aromatic rings. The van der Waals surface area contributed by atoms with E-state index in [2.05, 4.69) is 10.4 Å². The third-order valence-electron chi connectivity index (χ3n) is 4.74. The van der Waals surface area contributed by atoms with Gasteiger partial charge >= 0.3 is 6.18 Å². The molecule has 0 amide bonds. The molecule has 1 N–H and O–H groups in total. The van der Waals surface area contributed by atoms with Gasteiger partial charge in [0.2, 0.25) is 5.78 Å². The predicted octanol–water partition coefficient (Wildman–Crippen LogP) is 4.56. The third kappa shape index (κ3) is 3.47. The van der Waals surface area contributed by atoms with Gasteiger partial charge in [0.05, 0.1) is 23.5 Å². The lowest BCUT2D eigenvalue weighted by molar-refractivity contribution is -0.137. The summed E-state index contributed by atoms with van der Waals surface area (Å²) in [5.74, 6) is -2.11. The molecular weight excluding hydrogens is 405 g/mol. The van der Waals surface area contributed by atoms with Gasteiger partial charge in [0.15, 0.2) is 5.84 Å². The van der Waals surface area contributed by atoms with Crippen LogP contribution >= 0.6 is 0 Å². The molecule has 0 spiro atoms. The van der Waals surface area contributed by atoms with Crippen LogP contribution in [0.1, 0.15) is 23.6 Å². The summed E-state index contributed by atoms with van der Waals surface area (Å²) < 4.78 is 66.2. The molecule has 4 rings (SSSR count). The maximum atomic E-state index is 14.2. The number of amidine groups is 1. The molecule has 4 nitrogen and oxygen atoms in total. The molecule has 0 fully saturated rings. The van der Waals surface area contributed by atoms with E-state index in [-0.39, 0.29) is 23.6 Å². The smallest absolute Gasteiger partial charge is 0.291 e. The second-order valence-corrected chi connectivity index (χ2v) is 6.84. The van der Waals surface area contributed by atoms with Gasteiger partial charge in [-0.1, -0.05) is 12.1 Å². The molecule has 2 aliphatic heterocycles. The Morgan fingerprint density at radius 2 is 1.77 bits per heavy atom. The largest absolute Gasteiger partial charge is 0.416 e. The van der Waals surface area contributed by atoms with E-state index in [4.69, 9.17) is 0 Å². The normalized spacial score (nSPS) is 16.7. The molecular formula is C21H14F5N3O. The van der Waals surface area contributed by atoms with Crippen LogP contribution in [0.15, 0.2) is 59.1 Å². The predicted molar refractivity (Wildman–Crippen MR) is 101 cm³/mol. The van der Waals surface area contributed by atoms with Gasteiger partial charge in [0, 0.05) is 23.3 Å². The number of ketones is 1. The number of carbonyl (C=O) groups is 1. The van der Waals surface area contributed by atoms with E-state index in [0.717, 1.165) is 24.3 Å². The summed E-state index contributed by atoms with van der Waals surface area (Å²) in [7, 11) is 0. The van der Waals surface area contributed by atoms with Gasteiger partial charge < -0.3 is 0 Å². The van der Waals surface area contributed by atoms with E-state index < -0.39 is 29.2 Å². The number of hydrogen-bond acceptors (Lipinski definition) is 4. The highest BCUT2D eigenvalue weighted by atomic mass is 19.4. The Hall–Kier alpha value is -3.49. The number of nitrogens with zero attached hydrogens (tertiary/aromatic N) is 2. The molecule has 0 saturated heterocycles. The summed E-state index contributed by atoms with van der Waals surface area (Å²) in [6.45, 7) is 1.92. The number of halogens is 5. The number of fused-ring (bicyclic) bond motifs is 1. The Morgan fingerprint density at radius 1 is 1.07 bits per heavy atom. The number of carbonyl (C=O) groups excluding carboxylic acids is 1. The van der Waals surface area contributed by atoms with Crippen molar-refractivity contribution >= 4 is 23.0 Å². The Balaban J connectivity index is 1.74. The minimum atomic E-state index is -4.48. The van der Waals surface area contributed by atoms with E-state index in [1.165, 1.54) is 23.2 Å². The first kappa shape index (κ1) is 19.8. The van der Waals surface area contributed by atoms with Crippen LogP contribution in [0.2, 0.25) is 0 Å². The van der Waals surface area contributed by atoms with Crippen molar-refractivity contribution in [3.05, 3.63) is 82.4 Å². The minimum Gasteiger partial charge on any atom is -0.291 e. The topological polar surface area (TPSA) is 44.7 Å². The van der Waals surface area contributed by atoms with Gasteiger partial charge in [-0.05, 0) is 36.8 Å². The lowest BCUT2D eigenvalue weighted by Crippen LogP contribution is -2.49. The molecule has 154 valence electrons. The van der Waals surface area contributed by atoms with E-state index in [1.807, 2.05) is 0 Å². The minimum absolute atomic E-state index is 0.0289. The van der Waals surface area contributed by atoms with Gasteiger partial charge in [-0.2, -0.15) is 13.2 Å². The molecule has 2 heterocycles. The zero-order chi connectivity index (χ0) is 21.6. The van der Waals surface area contributed by atoms with Crippen LogP contribution in [0.3, 0.4) is 0 Å². The second-order valence-electron chi connectivity index (χ2n) is 6.84. The molecule has 0 saturated carbocycles. The van der Waals surface area contributed by atoms with Crippen molar-refractivity contribution in [2.24, 2.45) is 4.99 Å². The van der Waals surface area contributed by atoms with Crippen molar-refractivity contribution in [2.75, 3.05) is 6.54 Å². The molecule has 0 unspecified atom stereocenters. The van der Waals surface area contributed by atoms with Crippen LogP contribution in [0, 0.1) is 11.6 Å². The Bertz CT molecular complexity index is 1130. The molecule has 2 aromatic carbocycles. The monoisotopic (exact) mass is 419 g/mol. The number of hydrazine groups is 1. The average molecular weight is 419 g/mol. The van der Waals surface area contributed by atoms with E-state index in [0.29, 0.717) is 22.9 Å². The number of hydrogen-bond donors (Lipinski definition) is 1. The molecule has 30 heavy (non-hydrogen) atoms.